The molecule has 0 N–H and O–H groups in total. The quantitative estimate of drug-likeness (QED) is 0.818. The van der Waals surface area contributed by atoms with Crippen molar-refractivity contribution >= 4 is 15.9 Å². The summed E-state index contributed by atoms with van der Waals surface area (Å²) in [5.74, 6) is -0.260. The largest absolute Gasteiger partial charge is 0.573 e. The molecule has 1 heterocycles. The van der Waals surface area contributed by atoms with Crippen LogP contribution >= 0.6 is 15.9 Å². The molecule has 0 amide bonds. The van der Waals surface area contributed by atoms with Gasteiger partial charge in [-0.05, 0) is 40.2 Å². The first-order valence-electron chi connectivity index (χ1n) is 4.92. The third-order valence-electron chi connectivity index (χ3n) is 2.09. The zero-order valence-electron chi connectivity index (χ0n) is 8.91. The van der Waals surface area contributed by atoms with Gasteiger partial charge in [-0.3, -0.25) is 4.98 Å². The summed E-state index contributed by atoms with van der Waals surface area (Å²) in [6.45, 7) is 0. The molecule has 0 saturated heterocycles. The van der Waals surface area contributed by atoms with Gasteiger partial charge in [-0.15, -0.1) is 13.2 Å². The lowest BCUT2D eigenvalue weighted by atomic mass is 10.1. The molecule has 0 spiro atoms. The van der Waals surface area contributed by atoms with Crippen LogP contribution in [0.5, 0.6) is 5.75 Å². The van der Waals surface area contributed by atoms with Gasteiger partial charge in [-0.2, -0.15) is 0 Å². The van der Waals surface area contributed by atoms with Crippen molar-refractivity contribution in [2.24, 2.45) is 0 Å². The van der Waals surface area contributed by atoms with Crippen molar-refractivity contribution < 1.29 is 17.9 Å². The predicted octanol–water partition coefficient (Wildman–Crippen LogP) is 4.41. The van der Waals surface area contributed by atoms with Crippen molar-refractivity contribution in [1.29, 1.82) is 0 Å². The average Bonchev–Trinajstić information content (AvgIpc) is 2.28. The van der Waals surface area contributed by atoms with Crippen molar-refractivity contribution in [2.75, 3.05) is 0 Å². The predicted molar refractivity (Wildman–Crippen MR) is 64.1 cm³/mol. The molecule has 1 aromatic carbocycles. The van der Waals surface area contributed by atoms with Crippen molar-refractivity contribution in [3.63, 3.8) is 0 Å². The molecule has 2 nitrogen and oxygen atoms in total. The maximum Gasteiger partial charge on any atom is 0.573 e. The second kappa shape index (κ2) is 4.97. The molecule has 0 bridgehead atoms. The number of hydrogen-bond donors (Lipinski definition) is 0. The molecular formula is C12H7BrF3NO. The van der Waals surface area contributed by atoms with Gasteiger partial charge in [-0.1, -0.05) is 12.1 Å². The van der Waals surface area contributed by atoms with E-state index in [1.807, 2.05) is 0 Å². The molecule has 0 atom stereocenters. The van der Waals surface area contributed by atoms with E-state index in [-0.39, 0.29) is 5.75 Å². The van der Waals surface area contributed by atoms with Crippen LogP contribution in [0.3, 0.4) is 0 Å². The molecule has 0 aliphatic carbocycles. The number of pyridine rings is 1. The van der Waals surface area contributed by atoms with Gasteiger partial charge in [0.2, 0.25) is 0 Å². The highest BCUT2D eigenvalue weighted by molar-refractivity contribution is 9.10. The molecule has 0 fully saturated rings. The smallest absolute Gasteiger partial charge is 0.406 e. The third-order valence-corrected chi connectivity index (χ3v) is 2.56. The van der Waals surface area contributed by atoms with Gasteiger partial charge in [0.05, 0.1) is 5.69 Å². The van der Waals surface area contributed by atoms with Crippen molar-refractivity contribution in [3.05, 3.63) is 47.1 Å². The Morgan fingerprint density at radius 2 is 1.89 bits per heavy atom. The molecule has 1 aromatic heterocycles. The summed E-state index contributed by atoms with van der Waals surface area (Å²) < 4.78 is 40.9. The van der Waals surface area contributed by atoms with E-state index in [1.54, 1.807) is 24.4 Å². The summed E-state index contributed by atoms with van der Waals surface area (Å²) in [5.41, 5.74) is 1.13. The van der Waals surface area contributed by atoms with Crippen LogP contribution in [0.4, 0.5) is 13.2 Å². The van der Waals surface area contributed by atoms with Crippen LogP contribution in [0.25, 0.3) is 11.3 Å². The van der Waals surface area contributed by atoms with Crippen molar-refractivity contribution in [1.82, 2.24) is 4.98 Å². The Hall–Kier alpha value is -1.56. The zero-order valence-corrected chi connectivity index (χ0v) is 10.5. The maximum absolute atomic E-state index is 12.1. The van der Waals surface area contributed by atoms with Gasteiger partial charge in [0.15, 0.2) is 0 Å². The van der Waals surface area contributed by atoms with Gasteiger partial charge in [0.25, 0.3) is 0 Å². The normalized spacial score (nSPS) is 11.3. The molecule has 18 heavy (non-hydrogen) atoms. The lowest BCUT2D eigenvalue weighted by Gasteiger charge is -2.09. The van der Waals surface area contributed by atoms with Crippen LogP contribution in [-0.2, 0) is 0 Å². The number of rotatable bonds is 2. The molecule has 0 saturated carbocycles. The minimum Gasteiger partial charge on any atom is -0.406 e. The highest BCUT2D eigenvalue weighted by Gasteiger charge is 2.31. The van der Waals surface area contributed by atoms with Crippen LogP contribution in [0.2, 0.25) is 0 Å². The molecule has 0 aliphatic heterocycles. The number of benzene rings is 1. The Kier molecular flexibility index (Phi) is 3.56. The molecule has 2 aromatic rings. The second-order valence-corrected chi connectivity index (χ2v) is 4.35. The number of alkyl halides is 3. The topological polar surface area (TPSA) is 22.1 Å². The van der Waals surface area contributed by atoms with E-state index in [1.165, 1.54) is 18.2 Å². The Balaban J connectivity index is 2.29. The lowest BCUT2D eigenvalue weighted by molar-refractivity contribution is -0.274. The minimum absolute atomic E-state index is 0.260. The van der Waals surface area contributed by atoms with Gasteiger partial charge in [-0.25, -0.2) is 0 Å². The first-order valence-corrected chi connectivity index (χ1v) is 5.71. The second-order valence-electron chi connectivity index (χ2n) is 3.44. The van der Waals surface area contributed by atoms with Crippen LogP contribution in [-0.4, -0.2) is 11.3 Å². The first kappa shape index (κ1) is 12.9. The summed E-state index contributed by atoms with van der Waals surface area (Å²) >= 11 is 3.24. The number of ether oxygens (including phenoxy) is 1. The van der Waals surface area contributed by atoms with Crippen LogP contribution in [0.1, 0.15) is 0 Å². The molecule has 2 rings (SSSR count). The molecule has 6 heteroatoms. The highest BCUT2D eigenvalue weighted by Crippen LogP contribution is 2.27. The van der Waals surface area contributed by atoms with E-state index in [9.17, 15) is 13.2 Å². The molecule has 0 unspecified atom stereocenters. The fraction of sp³-hybridized carbons (Fsp3) is 0.0833. The fourth-order valence-electron chi connectivity index (χ4n) is 1.40. The monoisotopic (exact) mass is 317 g/mol. The summed E-state index contributed by atoms with van der Waals surface area (Å²) in [6, 6.07) is 9.16. The summed E-state index contributed by atoms with van der Waals surface area (Å²) in [6.07, 6.45) is -3.11. The van der Waals surface area contributed by atoms with Crippen molar-refractivity contribution in [2.45, 2.75) is 6.36 Å². The van der Waals surface area contributed by atoms with E-state index < -0.39 is 6.36 Å². The number of nitrogens with zero attached hydrogens (tertiary/aromatic N) is 1. The van der Waals surface area contributed by atoms with Gasteiger partial charge in [0.1, 0.15) is 5.75 Å². The first-order chi connectivity index (χ1) is 8.44. The zero-order chi connectivity index (χ0) is 13.2. The van der Waals surface area contributed by atoms with Crippen LogP contribution in [0, 0.1) is 0 Å². The molecule has 94 valence electrons. The Morgan fingerprint density at radius 3 is 2.50 bits per heavy atom. The highest BCUT2D eigenvalue weighted by atomic mass is 79.9. The summed E-state index contributed by atoms with van der Waals surface area (Å²) in [5, 5.41) is 0. The van der Waals surface area contributed by atoms with E-state index in [0.29, 0.717) is 11.3 Å². The van der Waals surface area contributed by atoms with Crippen LogP contribution in [0.15, 0.2) is 47.1 Å². The molecule has 0 radical (unpaired) electrons. The molecule has 0 aliphatic rings. The van der Waals surface area contributed by atoms with E-state index in [4.69, 9.17) is 0 Å². The minimum atomic E-state index is -4.69. The van der Waals surface area contributed by atoms with Crippen molar-refractivity contribution in [3.8, 4) is 17.0 Å². The van der Waals surface area contributed by atoms with Gasteiger partial charge >= 0.3 is 6.36 Å². The molecular weight excluding hydrogens is 311 g/mol. The maximum atomic E-state index is 12.1. The SMILES string of the molecule is FC(F)(F)Oc1cccc(-c2ccc(Br)cn2)c1. The summed E-state index contributed by atoms with van der Waals surface area (Å²) in [4.78, 5) is 4.10. The number of aromatic nitrogens is 1. The Labute approximate surface area is 110 Å². The number of hydrogen-bond acceptors (Lipinski definition) is 2. The van der Waals surface area contributed by atoms with Gasteiger partial charge < -0.3 is 4.74 Å². The van der Waals surface area contributed by atoms with E-state index in [2.05, 4.69) is 25.7 Å². The number of halogens is 4. The average molecular weight is 318 g/mol. The van der Waals surface area contributed by atoms with E-state index in [0.717, 1.165) is 4.47 Å². The Bertz CT molecular complexity index is 540. The Morgan fingerprint density at radius 1 is 1.11 bits per heavy atom. The summed E-state index contributed by atoms with van der Waals surface area (Å²) in [7, 11) is 0. The third kappa shape index (κ3) is 3.46. The van der Waals surface area contributed by atoms with Crippen LogP contribution < -0.4 is 4.74 Å². The fourth-order valence-corrected chi connectivity index (χ4v) is 1.63. The van der Waals surface area contributed by atoms with Gasteiger partial charge in [0, 0.05) is 16.2 Å². The lowest BCUT2D eigenvalue weighted by Crippen LogP contribution is -2.17. The van der Waals surface area contributed by atoms with E-state index >= 15 is 0 Å². The standard InChI is InChI=1S/C12H7BrF3NO/c13-9-4-5-11(17-7-9)8-2-1-3-10(6-8)18-12(14,15)16/h1-7H.